The van der Waals surface area contributed by atoms with Crippen molar-refractivity contribution in [3.8, 4) is 0 Å². The number of rotatable bonds is 6. The van der Waals surface area contributed by atoms with E-state index in [-0.39, 0.29) is 5.78 Å². The SMILES string of the molecule is O=CC=C(Cl)c1ccc(C(=O)c2ccc(C(Cl)=CC=O)cc2)cc1. The summed E-state index contributed by atoms with van der Waals surface area (Å²) in [7, 11) is 0. The summed E-state index contributed by atoms with van der Waals surface area (Å²) in [6, 6.07) is 13.3. The number of allylic oxidation sites excluding steroid dienone is 2. The average molecular weight is 359 g/mol. The molecule has 24 heavy (non-hydrogen) atoms. The van der Waals surface area contributed by atoms with Crippen molar-refractivity contribution in [1.82, 2.24) is 0 Å². The number of benzene rings is 2. The summed E-state index contributed by atoms with van der Waals surface area (Å²) >= 11 is 11.9. The highest BCUT2D eigenvalue weighted by Crippen LogP contribution is 2.22. The lowest BCUT2D eigenvalue weighted by Gasteiger charge is -2.05. The number of hydrogen-bond acceptors (Lipinski definition) is 3. The molecule has 0 unspecified atom stereocenters. The van der Waals surface area contributed by atoms with E-state index in [0.717, 1.165) is 0 Å². The number of carbonyl (C=O) groups excluding carboxylic acids is 3. The third kappa shape index (κ3) is 4.28. The molecule has 0 N–H and O–H groups in total. The Morgan fingerprint density at radius 3 is 1.21 bits per heavy atom. The molecule has 0 atom stereocenters. The monoisotopic (exact) mass is 358 g/mol. The van der Waals surface area contributed by atoms with Crippen molar-refractivity contribution in [3.63, 3.8) is 0 Å². The predicted octanol–water partition coefficient (Wildman–Crippen LogP) is 4.47. The molecule has 5 heteroatoms. The number of halogens is 2. The van der Waals surface area contributed by atoms with Crippen LogP contribution in [0.5, 0.6) is 0 Å². The second-order valence-electron chi connectivity index (χ2n) is 4.79. The first kappa shape index (κ1) is 17.9. The Morgan fingerprint density at radius 2 is 0.917 bits per heavy atom. The van der Waals surface area contributed by atoms with Gasteiger partial charge in [0.25, 0.3) is 0 Å². The summed E-state index contributed by atoms with van der Waals surface area (Å²) in [5.74, 6) is -0.154. The largest absolute Gasteiger partial charge is 0.299 e. The van der Waals surface area contributed by atoms with Crippen LogP contribution in [0.3, 0.4) is 0 Å². The van der Waals surface area contributed by atoms with Gasteiger partial charge >= 0.3 is 0 Å². The van der Waals surface area contributed by atoms with Crippen molar-refractivity contribution >= 4 is 51.6 Å². The fraction of sp³-hybridized carbons (Fsp3) is 0. The van der Waals surface area contributed by atoms with Crippen molar-refractivity contribution in [3.05, 3.63) is 82.9 Å². The summed E-state index contributed by atoms with van der Waals surface area (Å²) < 4.78 is 0. The lowest BCUT2D eigenvalue weighted by Crippen LogP contribution is -2.01. The van der Waals surface area contributed by atoms with Gasteiger partial charge in [-0.05, 0) is 23.3 Å². The van der Waals surface area contributed by atoms with Gasteiger partial charge in [0.05, 0.1) is 10.1 Å². The number of ketones is 1. The average Bonchev–Trinajstić information content (AvgIpc) is 2.62. The highest BCUT2D eigenvalue weighted by molar-refractivity contribution is 6.50. The van der Waals surface area contributed by atoms with Gasteiger partial charge in [0, 0.05) is 11.1 Å². The van der Waals surface area contributed by atoms with Gasteiger partial charge in [0.15, 0.2) is 5.78 Å². The zero-order chi connectivity index (χ0) is 17.5. The molecule has 2 aromatic carbocycles. The second kappa shape index (κ2) is 8.39. The highest BCUT2D eigenvalue weighted by Gasteiger charge is 2.10. The van der Waals surface area contributed by atoms with Gasteiger partial charge in [-0.25, -0.2) is 0 Å². The first-order chi connectivity index (χ1) is 11.6. The molecule has 0 amide bonds. The Bertz CT molecular complexity index is 747. The lowest BCUT2D eigenvalue weighted by atomic mass is 10.0. The van der Waals surface area contributed by atoms with E-state index in [1.807, 2.05) is 0 Å². The van der Waals surface area contributed by atoms with Crippen molar-refractivity contribution in [2.24, 2.45) is 0 Å². The first-order valence-electron chi connectivity index (χ1n) is 6.94. The van der Waals surface area contributed by atoms with E-state index in [2.05, 4.69) is 0 Å². The van der Waals surface area contributed by atoms with Gasteiger partial charge in [-0.1, -0.05) is 71.7 Å². The fourth-order valence-corrected chi connectivity index (χ4v) is 2.40. The highest BCUT2D eigenvalue weighted by atomic mass is 35.5. The molecular weight excluding hydrogens is 347 g/mol. The van der Waals surface area contributed by atoms with E-state index >= 15 is 0 Å². The van der Waals surface area contributed by atoms with Crippen molar-refractivity contribution in [2.75, 3.05) is 0 Å². The molecule has 120 valence electrons. The molecule has 0 spiro atoms. The van der Waals surface area contributed by atoms with Gasteiger partial charge < -0.3 is 0 Å². The van der Waals surface area contributed by atoms with E-state index in [4.69, 9.17) is 23.2 Å². The van der Waals surface area contributed by atoms with Crippen molar-refractivity contribution in [2.45, 2.75) is 0 Å². The summed E-state index contributed by atoms with van der Waals surface area (Å²) in [5.41, 5.74) is 2.30. The minimum absolute atomic E-state index is 0.154. The van der Waals surface area contributed by atoms with Crippen LogP contribution in [-0.2, 0) is 9.59 Å². The molecular formula is C19H12Cl2O3. The van der Waals surface area contributed by atoms with Crippen LogP contribution in [0, 0.1) is 0 Å². The number of hydrogen-bond donors (Lipinski definition) is 0. The molecule has 0 heterocycles. The molecule has 0 bridgehead atoms. The first-order valence-corrected chi connectivity index (χ1v) is 7.70. The maximum absolute atomic E-state index is 12.5. The third-order valence-corrected chi connectivity index (χ3v) is 3.96. The van der Waals surface area contributed by atoms with Crippen LogP contribution in [0.1, 0.15) is 27.0 Å². The zero-order valence-electron chi connectivity index (χ0n) is 12.4. The number of carbonyl (C=O) groups is 3. The molecule has 0 aromatic heterocycles. The van der Waals surface area contributed by atoms with E-state index in [0.29, 0.717) is 44.9 Å². The molecule has 0 aliphatic rings. The van der Waals surface area contributed by atoms with Crippen LogP contribution in [0.4, 0.5) is 0 Å². The van der Waals surface area contributed by atoms with Crippen molar-refractivity contribution < 1.29 is 14.4 Å². The Balaban J connectivity index is 2.22. The van der Waals surface area contributed by atoms with Crippen LogP contribution < -0.4 is 0 Å². The van der Waals surface area contributed by atoms with E-state index in [9.17, 15) is 14.4 Å². The summed E-state index contributed by atoms with van der Waals surface area (Å²) in [5, 5.41) is 0.620. The zero-order valence-corrected chi connectivity index (χ0v) is 13.9. The summed E-state index contributed by atoms with van der Waals surface area (Å²) in [4.78, 5) is 33.3. The van der Waals surface area contributed by atoms with E-state index in [1.54, 1.807) is 48.5 Å². The van der Waals surface area contributed by atoms with Crippen LogP contribution in [-0.4, -0.2) is 18.4 Å². The molecule has 3 nitrogen and oxygen atoms in total. The molecule has 0 saturated carbocycles. The maximum Gasteiger partial charge on any atom is 0.193 e. The molecule has 0 radical (unpaired) electrons. The smallest absolute Gasteiger partial charge is 0.193 e. The predicted molar refractivity (Wildman–Crippen MR) is 96.1 cm³/mol. The van der Waals surface area contributed by atoms with Gasteiger partial charge in [-0.15, -0.1) is 0 Å². The van der Waals surface area contributed by atoms with E-state index < -0.39 is 0 Å². The van der Waals surface area contributed by atoms with E-state index in [1.165, 1.54) is 12.2 Å². The minimum atomic E-state index is -0.154. The van der Waals surface area contributed by atoms with Gasteiger partial charge in [-0.3, -0.25) is 14.4 Å². The molecule has 0 saturated heterocycles. The van der Waals surface area contributed by atoms with Crippen LogP contribution in [0.15, 0.2) is 60.7 Å². The minimum Gasteiger partial charge on any atom is -0.299 e. The quantitative estimate of drug-likeness (QED) is 0.434. The lowest BCUT2D eigenvalue weighted by molar-refractivity contribution is -0.104. The van der Waals surface area contributed by atoms with Crippen LogP contribution >= 0.6 is 23.2 Å². The standard InChI is InChI=1S/C19H12Cl2O3/c20-17(9-11-22)13-1-5-15(6-2-13)19(24)16-7-3-14(4-8-16)18(21)10-12-23/h1-12H. The number of aldehydes is 2. The topological polar surface area (TPSA) is 51.2 Å². The Hall–Kier alpha value is -2.49. The Morgan fingerprint density at radius 1 is 0.625 bits per heavy atom. The third-order valence-electron chi connectivity index (χ3n) is 3.27. The van der Waals surface area contributed by atoms with Crippen LogP contribution in [0.2, 0.25) is 0 Å². The molecule has 2 aromatic rings. The Kier molecular flexibility index (Phi) is 6.24. The fourth-order valence-electron chi connectivity index (χ4n) is 2.04. The normalized spacial score (nSPS) is 11.9. The van der Waals surface area contributed by atoms with Crippen molar-refractivity contribution in [1.29, 1.82) is 0 Å². The van der Waals surface area contributed by atoms with Crippen LogP contribution in [0.25, 0.3) is 10.1 Å². The van der Waals surface area contributed by atoms with Gasteiger partial charge in [0.2, 0.25) is 0 Å². The van der Waals surface area contributed by atoms with Gasteiger partial charge in [0.1, 0.15) is 12.6 Å². The molecule has 0 fully saturated rings. The maximum atomic E-state index is 12.5. The Labute approximate surface area is 149 Å². The summed E-state index contributed by atoms with van der Waals surface area (Å²) in [6.45, 7) is 0. The van der Waals surface area contributed by atoms with Gasteiger partial charge in [-0.2, -0.15) is 0 Å². The molecule has 0 aliphatic heterocycles. The second-order valence-corrected chi connectivity index (χ2v) is 5.60. The molecule has 2 rings (SSSR count). The molecule has 0 aliphatic carbocycles. The summed E-state index contributed by atoms with van der Waals surface area (Å²) in [6.07, 6.45) is 3.70.